The number of hydrogen-bond donors (Lipinski definition) is 0. The largest absolute Gasteiger partial charge is 0.501 e. The molecule has 0 atom stereocenters. The summed E-state index contributed by atoms with van der Waals surface area (Å²) in [5.74, 6) is 0.868. The van der Waals surface area contributed by atoms with Gasteiger partial charge in [-0.25, -0.2) is 0 Å². The average Bonchev–Trinajstić information content (AvgIpc) is 3.17. The van der Waals surface area contributed by atoms with E-state index in [0.29, 0.717) is 98.7 Å². The van der Waals surface area contributed by atoms with Crippen molar-refractivity contribution in [3.8, 4) is 23.0 Å². The molecule has 0 saturated heterocycles. The minimum atomic E-state index is -2.76. The zero-order valence-corrected chi connectivity index (χ0v) is 35.7. The molecule has 0 bridgehead atoms. The van der Waals surface area contributed by atoms with E-state index < -0.39 is 17.6 Å². The molecular formula is C39H60O14Si2. The Morgan fingerprint density at radius 3 is 1.18 bits per heavy atom. The van der Waals surface area contributed by atoms with Gasteiger partial charge in [-0.05, 0) is 102 Å². The number of carbonyl (C=O) groups excluding carboxylic acids is 2. The van der Waals surface area contributed by atoms with Gasteiger partial charge in [-0.15, -0.1) is 0 Å². The summed E-state index contributed by atoms with van der Waals surface area (Å²) in [6.07, 6.45) is 6.83. The quantitative estimate of drug-likeness (QED) is 0.0180. The standard InChI is InChI=1S/C39H60O14Si2/c1-9-46-54(47-10-2,48-11-3)27-15-25-44-52-36-23-19-32(29-38(36)42-7)17-21-34(40)31-35(41)22-18-33-20-24-37(39(30-33)43-8)53-45-26-16-28-55(49-12-4,50-13-5)51-14-6/h17-24,29-30H,9-16,25-28,31H2,1-8H3. The number of hydrogen-bond acceptors (Lipinski definition) is 14. The van der Waals surface area contributed by atoms with E-state index in [1.54, 1.807) is 48.6 Å². The van der Waals surface area contributed by atoms with Gasteiger partial charge in [-0.3, -0.25) is 9.59 Å². The van der Waals surface area contributed by atoms with Crippen molar-refractivity contribution in [2.75, 3.05) is 67.1 Å². The second-order valence-corrected chi connectivity index (χ2v) is 17.0. The highest BCUT2D eigenvalue weighted by atomic mass is 28.4. The molecule has 0 aliphatic rings. The van der Waals surface area contributed by atoms with Crippen LogP contribution in [-0.4, -0.2) is 96.3 Å². The summed E-state index contributed by atoms with van der Waals surface area (Å²) in [6.45, 7) is 15.1. The fraction of sp³-hybridized carbons (Fsp3) is 0.538. The summed E-state index contributed by atoms with van der Waals surface area (Å²) in [6, 6.07) is 11.4. The van der Waals surface area contributed by atoms with Gasteiger partial charge in [-0.1, -0.05) is 24.3 Å². The lowest BCUT2D eigenvalue weighted by Crippen LogP contribution is -2.46. The third kappa shape index (κ3) is 17.5. The third-order valence-electron chi connectivity index (χ3n) is 7.55. The molecule has 0 unspecified atom stereocenters. The first-order chi connectivity index (χ1) is 26.7. The van der Waals surface area contributed by atoms with Gasteiger partial charge in [0.15, 0.2) is 23.1 Å². The molecule has 16 heteroatoms. The van der Waals surface area contributed by atoms with Gasteiger partial charge < -0.3 is 45.8 Å². The Labute approximate surface area is 328 Å². The summed E-state index contributed by atoms with van der Waals surface area (Å²) >= 11 is 0. The Hall–Kier alpha value is -3.43. The van der Waals surface area contributed by atoms with Crippen LogP contribution < -0.4 is 19.2 Å². The smallest absolute Gasteiger partial charge is 0.493 e. The third-order valence-corrected chi connectivity index (χ3v) is 13.9. The molecule has 0 radical (unpaired) electrons. The highest BCUT2D eigenvalue weighted by molar-refractivity contribution is 6.61. The Morgan fingerprint density at radius 2 is 0.873 bits per heavy atom. The van der Waals surface area contributed by atoms with Crippen LogP contribution in [0.2, 0.25) is 12.1 Å². The fourth-order valence-electron chi connectivity index (χ4n) is 5.29. The van der Waals surface area contributed by atoms with Crippen LogP contribution in [0.25, 0.3) is 12.2 Å². The summed E-state index contributed by atoms with van der Waals surface area (Å²) in [7, 11) is -2.51. The van der Waals surface area contributed by atoms with Crippen LogP contribution in [0.4, 0.5) is 0 Å². The maximum atomic E-state index is 12.6. The van der Waals surface area contributed by atoms with E-state index in [1.807, 2.05) is 41.5 Å². The van der Waals surface area contributed by atoms with E-state index in [1.165, 1.54) is 26.4 Å². The highest BCUT2D eigenvalue weighted by Crippen LogP contribution is 2.30. The summed E-state index contributed by atoms with van der Waals surface area (Å²) < 4.78 is 46.1. The van der Waals surface area contributed by atoms with Gasteiger partial charge in [0.25, 0.3) is 0 Å². The number of ether oxygens (including phenoxy) is 2. The number of allylic oxidation sites excluding steroid dienone is 2. The van der Waals surface area contributed by atoms with Crippen LogP contribution in [0.5, 0.6) is 23.0 Å². The molecule has 55 heavy (non-hydrogen) atoms. The summed E-state index contributed by atoms with van der Waals surface area (Å²) in [4.78, 5) is 47.0. The number of ketones is 2. The minimum absolute atomic E-state index is 0.287. The maximum Gasteiger partial charge on any atom is 0.501 e. The molecule has 2 aromatic rings. The SMILES string of the molecule is CCO[Si](CCCOOc1ccc(C=CC(=O)CC(=O)C=Cc2ccc(OOCCC[Si](OCC)(OCC)OCC)c(OC)c2)cc1OC)(OCC)OCC. The van der Waals surface area contributed by atoms with Crippen LogP contribution >= 0.6 is 0 Å². The maximum absolute atomic E-state index is 12.6. The van der Waals surface area contributed by atoms with Gasteiger partial charge in [0.2, 0.25) is 11.5 Å². The number of benzene rings is 2. The fourth-order valence-corrected chi connectivity index (χ4v) is 10.4. The number of carbonyl (C=O) groups is 2. The molecule has 0 N–H and O–H groups in total. The predicted octanol–water partition coefficient (Wildman–Crippen LogP) is 7.46. The van der Waals surface area contributed by atoms with E-state index in [2.05, 4.69) is 0 Å². The number of rotatable bonds is 32. The molecule has 0 aromatic heterocycles. The zero-order valence-electron chi connectivity index (χ0n) is 33.7. The van der Waals surface area contributed by atoms with Crippen molar-refractivity contribution < 1.29 is 65.2 Å². The van der Waals surface area contributed by atoms with Crippen molar-refractivity contribution in [1.82, 2.24) is 0 Å². The molecule has 0 aliphatic heterocycles. The molecule has 0 fully saturated rings. The summed E-state index contributed by atoms with van der Waals surface area (Å²) in [5.41, 5.74) is 1.35. The van der Waals surface area contributed by atoms with Crippen LogP contribution in [0.1, 0.15) is 71.9 Å². The van der Waals surface area contributed by atoms with E-state index >= 15 is 0 Å². The molecule has 0 saturated carbocycles. The van der Waals surface area contributed by atoms with E-state index in [0.717, 1.165) is 0 Å². The molecule has 308 valence electrons. The van der Waals surface area contributed by atoms with Crippen molar-refractivity contribution in [1.29, 1.82) is 0 Å². The van der Waals surface area contributed by atoms with Crippen LogP contribution in [0, 0.1) is 0 Å². The molecule has 2 rings (SSSR count). The Morgan fingerprint density at radius 1 is 0.527 bits per heavy atom. The van der Waals surface area contributed by atoms with Crippen LogP contribution in [-0.2, 0) is 45.9 Å². The molecule has 0 spiro atoms. The summed E-state index contributed by atoms with van der Waals surface area (Å²) in [5, 5.41) is 0. The van der Waals surface area contributed by atoms with Gasteiger partial charge in [-0.2, -0.15) is 9.78 Å². The minimum Gasteiger partial charge on any atom is -0.493 e. The average molecular weight is 809 g/mol. The highest BCUT2D eigenvalue weighted by Gasteiger charge is 2.40. The Kier molecular flexibility index (Phi) is 23.6. The lowest BCUT2D eigenvalue weighted by Gasteiger charge is -2.28. The van der Waals surface area contributed by atoms with Gasteiger partial charge in [0.05, 0.1) is 33.9 Å². The molecule has 14 nitrogen and oxygen atoms in total. The first-order valence-electron chi connectivity index (χ1n) is 18.9. The Bertz CT molecular complexity index is 1330. The van der Waals surface area contributed by atoms with E-state index in [9.17, 15) is 9.59 Å². The first-order valence-corrected chi connectivity index (χ1v) is 22.7. The van der Waals surface area contributed by atoms with E-state index in [4.69, 9.17) is 55.6 Å². The lowest BCUT2D eigenvalue weighted by molar-refractivity contribution is -0.207. The van der Waals surface area contributed by atoms with Crippen molar-refractivity contribution in [2.24, 2.45) is 0 Å². The van der Waals surface area contributed by atoms with Crippen molar-refractivity contribution in [2.45, 2.75) is 72.9 Å². The molecule has 0 heterocycles. The molecule has 0 amide bonds. The second kappa shape index (κ2) is 27.2. The molecular weight excluding hydrogens is 749 g/mol. The van der Waals surface area contributed by atoms with Crippen molar-refractivity contribution in [3.63, 3.8) is 0 Å². The molecule has 0 aliphatic carbocycles. The normalized spacial score (nSPS) is 12.1. The zero-order chi connectivity index (χ0) is 40.4. The molecule has 2 aromatic carbocycles. The van der Waals surface area contributed by atoms with E-state index in [-0.39, 0.29) is 31.2 Å². The van der Waals surface area contributed by atoms with Gasteiger partial charge in [0, 0.05) is 51.7 Å². The van der Waals surface area contributed by atoms with Crippen LogP contribution in [0.3, 0.4) is 0 Å². The topological polar surface area (TPSA) is 145 Å². The second-order valence-electron chi connectivity index (χ2n) is 11.6. The van der Waals surface area contributed by atoms with Gasteiger partial charge in [0.1, 0.15) is 0 Å². The lowest BCUT2D eigenvalue weighted by atomic mass is 10.1. The van der Waals surface area contributed by atoms with Gasteiger partial charge >= 0.3 is 17.6 Å². The van der Waals surface area contributed by atoms with Crippen molar-refractivity contribution >= 4 is 41.3 Å². The monoisotopic (exact) mass is 808 g/mol. The first kappa shape index (κ1) is 47.7. The predicted molar refractivity (Wildman–Crippen MR) is 212 cm³/mol. The Balaban J connectivity index is 1.86. The van der Waals surface area contributed by atoms with Crippen molar-refractivity contribution in [3.05, 3.63) is 59.7 Å². The van der Waals surface area contributed by atoms with Crippen LogP contribution in [0.15, 0.2) is 48.6 Å². The number of methoxy groups -OCH3 is 2.